The quantitative estimate of drug-likeness (QED) is 0.713. The summed E-state index contributed by atoms with van der Waals surface area (Å²) in [5.74, 6) is 2.02. The highest BCUT2D eigenvalue weighted by Crippen LogP contribution is 2.46. The van der Waals surface area contributed by atoms with Gasteiger partial charge in [-0.1, -0.05) is 24.6 Å². The molecule has 1 aromatic carbocycles. The summed E-state index contributed by atoms with van der Waals surface area (Å²) < 4.78 is 5.12. The lowest BCUT2D eigenvalue weighted by Crippen LogP contribution is -2.06. The molecule has 0 spiro atoms. The van der Waals surface area contributed by atoms with Crippen molar-refractivity contribution >= 4 is 23.2 Å². The molecular weight excluding hydrogens is 243 g/mol. The van der Waals surface area contributed by atoms with Gasteiger partial charge in [0.1, 0.15) is 5.75 Å². The maximum Gasteiger partial charge on any atom is 0.137 e. The Balaban J connectivity index is 2.16. The molecule has 1 aromatic rings. The SMILES string of the molecule is COc1ccc(C(Cl)C(C)C2CC2)cc1Cl. The fourth-order valence-electron chi connectivity index (χ4n) is 2.02. The largest absolute Gasteiger partial charge is 0.495 e. The van der Waals surface area contributed by atoms with E-state index in [0.29, 0.717) is 16.7 Å². The first-order valence-corrected chi connectivity index (χ1v) is 6.42. The van der Waals surface area contributed by atoms with Crippen LogP contribution in [0.2, 0.25) is 5.02 Å². The summed E-state index contributed by atoms with van der Waals surface area (Å²) in [6, 6.07) is 5.80. The molecule has 0 bridgehead atoms. The predicted octanol–water partition coefficient (Wildman–Crippen LogP) is 4.67. The Hall–Kier alpha value is -0.400. The van der Waals surface area contributed by atoms with Crippen LogP contribution in [0.4, 0.5) is 0 Å². The van der Waals surface area contributed by atoms with Crippen molar-refractivity contribution in [3.05, 3.63) is 28.8 Å². The van der Waals surface area contributed by atoms with Gasteiger partial charge in [0.05, 0.1) is 17.5 Å². The zero-order valence-corrected chi connectivity index (χ0v) is 11.1. The number of methoxy groups -OCH3 is 1. The molecule has 0 heterocycles. The molecule has 0 aliphatic heterocycles. The minimum atomic E-state index is 0.0518. The Bertz CT molecular complexity index is 374. The van der Waals surface area contributed by atoms with Crippen molar-refractivity contribution < 1.29 is 4.74 Å². The third-order valence-corrected chi connectivity index (χ3v) is 4.27. The maximum absolute atomic E-state index is 6.46. The van der Waals surface area contributed by atoms with Crippen molar-refractivity contribution in [1.29, 1.82) is 0 Å². The lowest BCUT2D eigenvalue weighted by molar-refractivity contribution is 0.414. The van der Waals surface area contributed by atoms with Crippen LogP contribution >= 0.6 is 23.2 Å². The van der Waals surface area contributed by atoms with Gasteiger partial charge in [0.25, 0.3) is 0 Å². The van der Waals surface area contributed by atoms with Gasteiger partial charge in [-0.3, -0.25) is 0 Å². The van der Waals surface area contributed by atoms with E-state index in [2.05, 4.69) is 6.92 Å². The van der Waals surface area contributed by atoms with Crippen molar-refractivity contribution in [1.82, 2.24) is 0 Å². The number of halogens is 2. The Labute approximate surface area is 107 Å². The van der Waals surface area contributed by atoms with Crippen molar-refractivity contribution in [2.75, 3.05) is 7.11 Å². The standard InChI is InChI=1S/C13H16Cl2O/c1-8(9-3-4-9)13(15)10-5-6-12(16-2)11(14)7-10/h5-9,13H,3-4H2,1-2H3. The minimum absolute atomic E-state index is 0.0518. The van der Waals surface area contributed by atoms with E-state index in [-0.39, 0.29) is 5.38 Å². The number of rotatable bonds is 4. The van der Waals surface area contributed by atoms with Gasteiger partial charge in [-0.15, -0.1) is 11.6 Å². The summed E-state index contributed by atoms with van der Waals surface area (Å²) in [5.41, 5.74) is 1.09. The van der Waals surface area contributed by atoms with E-state index in [1.807, 2.05) is 18.2 Å². The summed E-state index contributed by atoms with van der Waals surface area (Å²) in [4.78, 5) is 0. The first-order chi connectivity index (χ1) is 7.63. The maximum atomic E-state index is 6.46. The van der Waals surface area contributed by atoms with E-state index < -0.39 is 0 Å². The van der Waals surface area contributed by atoms with Gasteiger partial charge < -0.3 is 4.74 Å². The van der Waals surface area contributed by atoms with E-state index in [1.165, 1.54) is 12.8 Å². The molecule has 16 heavy (non-hydrogen) atoms. The Morgan fingerprint density at radius 1 is 1.38 bits per heavy atom. The van der Waals surface area contributed by atoms with Crippen LogP contribution in [0.25, 0.3) is 0 Å². The summed E-state index contributed by atoms with van der Waals surface area (Å²) in [6.07, 6.45) is 2.63. The molecule has 1 aliphatic rings. The number of hydrogen-bond acceptors (Lipinski definition) is 1. The molecule has 88 valence electrons. The van der Waals surface area contributed by atoms with Crippen LogP contribution in [0.5, 0.6) is 5.75 Å². The van der Waals surface area contributed by atoms with Crippen molar-refractivity contribution in [2.24, 2.45) is 11.8 Å². The summed E-state index contributed by atoms with van der Waals surface area (Å²) in [6.45, 7) is 2.22. The third kappa shape index (κ3) is 2.46. The normalized spacial score (nSPS) is 19.2. The monoisotopic (exact) mass is 258 g/mol. The lowest BCUT2D eigenvalue weighted by Gasteiger charge is -2.18. The Morgan fingerprint density at radius 2 is 2.06 bits per heavy atom. The topological polar surface area (TPSA) is 9.23 Å². The molecule has 3 heteroatoms. The molecule has 2 rings (SSSR count). The number of alkyl halides is 1. The summed E-state index contributed by atoms with van der Waals surface area (Å²) in [5, 5.41) is 0.685. The van der Waals surface area contributed by atoms with Crippen LogP contribution in [-0.4, -0.2) is 7.11 Å². The van der Waals surface area contributed by atoms with Crippen LogP contribution in [0.15, 0.2) is 18.2 Å². The second-order valence-electron chi connectivity index (χ2n) is 4.49. The van der Waals surface area contributed by atoms with Gasteiger partial charge in [-0.25, -0.2) is 0 Å². The molecule has 1 nitrogen and oxygen atoms in total. The Kier molecular flexibility index (Phi) is 3.66. The smallest absolute Gasteiger partial charge is 0.137 e. The second-order valence-corrected chi connectivity index (χ2v) is 5.37. The van der Waals surface area contributed by atoms with E-state index in [9.17, 15) is 0 Å². The van der Waals surface area contributed by atoms with Crippen molar-refractivity contribution in [2.45, 2.75) is 25.1 Å². The molecule has 1 fully saturated rings. The molecule has 1 saturated carbocycles. The first kappa shape index (κ1) is 12.1. The molecule has 2 atom stereocenters. The van der Waals surface area contributed by atoms with E-state index in [0.717, 1.165) is 11.5 Å². The second kappa shape index (κ2) is 4.85. The van der Waals surface area contributed by atoms with E-state index >= 15 is 0 Å². The van der Waals surface area contributed by atoms with Crippen LogP contribution in [0.3, 0.4) is 0 Å². The average Bonchev–Trinajstić information content (AvgIpc) is 3.11. The number of hydrogen-bond donors (Lipinski definition) is 0. The van der Waals surface area contributed by atoms with Crippen LogP contribution in [0, 0.1) is 11.8 Å². The van der Waals surface area contributed by atoms with Crippen LogP contribution in [-0.2, 0) is 0 Å². The van der Waals surface area contributed by atoms with Crippen LogP contribution in [0.1, 0.15) is 30.7 Å². The van der Waals surface area contributed by atoms with Crippen molar-refractivity contribution in [3.8, 4) is 5.75 Å². The van der Waals surface area contributed by atoms with Gasteiger partial charge in [0, 0.05) is 0 Å². The predicted molar refractivity (Wildman–Crippen MR) is 68.5 cm³/mol. The van der Waals surface area contributed by atoms with Gasteiger partial charge in [0.15, 0.2) is 0 Å². The van der Waals surface area contributed by atoms with E-state index in [1.54, 1.807) is 7.11 Å². The molecule has 2 unspecified atom stereocenters. The average molecular weight is 259 g/mol. The molecule has 0 amide bonds. The highest BCUT2D eigenvalue weighted by atomic mass is 35.5. The summed E-state index contributed by atoms with van der Waals surface area (Å²) in [7, 11) is 1.62. The van der Waals surface area contributed by atoms with Gasteiger partial charge >= 0.3 is 0 Å². The molecule has 0 N–H and O–H groups in total. The highest BCUT2D eigenvalue weighted by molar-refractivity contribution is 6.32. The fraction of sp³-hybridized carbons (Fsp3) is 0.538. The number of benzene rings is 1. The van der Waals surface area contributed by atoms with Crippen LogP contribution < -0.4 is 4.74 Å². The van der Waals surface area contributed by atoms with Gasteiger partial charge in [-0.2, -0.15) is 0 Å². The zero-order valence-electron chi connectivity index (χ0n) is 9.54. The molecule has 0 radical (unpaired) electrons. The van der Waals surface area contributed by atoms with Gasteiger partial charge in [0.2, 0.25) is 0 Å². The third-order valence-electron chi connectivity index (χ3n) is 3.32. The molecule has 0 aromatic heterocycles. The lowest BCUT2D eigenvalue weighted by atomic mass is 9.96. The summed E-state index contributed by atoms with van der Waals surface area (Å²) >= 11 is 12.5. The Morgan fingerprint density at radius 3 is 2.56 bits per heavy atom. The number of ether oxygens (including phenoxy) is 1. The fourth-order valence-corrected chi connectivity index (χ4v) is 2.63. The van der Waals surface area contributed by atoms with Crippen molar-refractivity contribution in [3.63, 3.8) is 0 Å². The molecular formula is C13H16Cl2O. The zero-order chi connectivity index (χ0) is 11.7. The van der Waals surface area contributed by atoms with E-state index in [4.69, 9.17) is 27.9 Å². The van der Waals surface area contributed by atoms with Gasteiger partial charge in [-0.05, 0) is 42.4 Å². The molecule has 1 aliphatic carbocycles. The first-order valence-electron chi connectivity index (χ1n) is 5.61. The molecule has 0 saturated heterocycles. The minimum Gasteiger partial charge on any atom is -0.495 e. The highest BCUT2D eigenvalue weighted by Gasteiger charge is 2.33.